The second kappa shape index (κ2) is 11.8. The first-order chi connectivity index (χ1) is 18.7. The van der Waals surface area contributed by atoms with Gasteiger partial charge in [0.25, 0.3) is 10.0 Å². The number of halogens is 1. The molecule has 10 nitrogen and oxygen atoms in total. The van der Waals surface area contributed by atoms with Gasteiger partial charge in [-0.1, -0.05) is 60.1 Å². The highest BCUT2D eigenvalue weighted by Gasteiger charge is 2.33. The van der Waals surface area contributed by atoms with Crippen molar-refractivity contribution >= 4 is 39.4 Å². The van der Waals surface area contributed by atoms with Crippen LogP contribution in [0.2, 0.25) is 5.02 Å². The van der Waals surface area contributed by atoms with Gasteiger partial charge in [-0.05, 0) is 48.9 Å². The smallest absolute Gasteiger partial charge is 0.334 e. The molecule has 0 aliphatic carbocycles. The van der Waals surface area contributed by atoms with E-state index in [-0.39, 0.29) is 28.6 Å². The molecule has 0 bridgehead atoms. The van der Waals surface area contributed by atoms with E-state index in [4.69, 9.17) is 16.3 Å². The number of nitrogens with one attached hydrogen (secondary N) is 2. The Morgan fingerprint density at radius 1 is 1.03 bits per heavy atom. The number of amides is 2. The van der Waals surface area contributed by atoms with E-state index in [1.54, 1.807) is 67.6 Å². The predicted molar refractivity (Wildman–Crippen MR) is 144 cm³/mol. The number of aromatic nitrogens is 2. The second-order valence-corrected chi connectivity index (χ2v) is 10.2. The number of nitriles is 1. The first-order valence-corrected chi connectivity index (χ1v) is 13.5. The molecule has 1 heterocycles. The molecule has 3 aromatic carbocycles. The van der Waals surface area contributed by atoms with Crippen molar-refractivity contribution in [3.05, 3.63) is 107 Å². The van der Waals surface area contributed by atoms with Crippen LogP contribution in [0, 0.1) is 11.3 Å². The molecule has 4 rings (SSSR count). The van der Waals surface area contributed by atoms with Crippen molar-refractivity contribution in [1.82, 2.24) is 14.5 Å². The molecule has 0 aliphatic rings. The van der Waals surface area contributed by atoms with Crippen molar-refractivity contribution in [2.45, 2.75) is 17.7 Å². The summed E-state index contributed by atoms with van der Waals surface area (Å²) in [5.74, 6) is -1.86. The van der Waals surface area contributed by atoms with Crippen LogP contribution in [0.1, 0.15) is 29.7 Å². The Labute approximate surface area is 229 Å². The number of anilines is 1. The summed E-state index contributed by atoms with van der Waals surface area (Å²) in [4.78, 5) is 25.8. The SMILES string of the molecule is CCOC(=O)C(c1ccccc1)c1nn(-c2ccccc2)c(NC(=O)NS(=O)(=O)c2ccc(Cl)cc2)c1C#N. The molecule has 1 atom stereocenters. The van der Waals surface area contributed by atoms with E-state index in [9.17, 15) is 23.3 Å². The normalized spacial score (nSPS) is 11.7. The fourth-order valence-electron chi connectivity index (χ4n) is 3.82. The third-order valence-electron chi connectivity index (χ3n) is 5.54. The van der Waals surface area contributed by atoms with Crippen LogP contribution < -0.4 is 10.0 Å². The summed E-state index contributed by atoms with van der Waals surface area (Å²) in [5.41, 5.74) is 0.861. The lowest BCUT2D eigenvalue weighted by molar-refractivity contribution is -0.143. The molecule has 12 heteroatoms. The van der Waals surface area contributed by atoms with E-state index >= 15 is 0 Å². The van der Waals surface area contributed by atoms with E-state index in [0.29, 0.717) is 16.3 Å². The summed E-state index contributed by atoms with van der Waals surface area (Å²) >= 11 is 5.83. The zero-order valence-electron chi connectivity index (χ0n) is 20.5. The molecule has 1 aromatic heterocycles. The second-order valence-electron chi connectivity index (χ2n) is 8.08. The lowest BCUT2D eigenvalue weighted by Gasteiger charge is -2.14. The van der Waals surface area contributed by atoms with Gasteiger partial charge in [-0.25, -0.2) is 22.6 Å². The first kappa shape index (κ1) is 27.4. The zero-order chi connectivity index (χ0) is 28.0. The number of sulfonamides is 1. The van der Waals surface area contributed by atoms with Crippen LogP contribution in [0.3, 0.4) is 0 Å². The average molecular weight is 564 g/mol. The molecule has 198 valence electrons. The summed E-state index contributed by atoms with van der Waals surface area (Å²) in [6.07, 6.45) is 0. The van der Waals surface area contributed by atoms with Crippen LogP contribution in [-0.2, 0) is 19.6 Å². The van der Waals surface area contributed by atoms with Crippen molar-refractivity contribution in [3.8, 4) is 11.8 Å². The predicted octanol–water partition coefficient (Wildman–Crippen LogP) is 4.60. The van der Waals surface area contributed by atoms with E-state index in [0.717, 1.165) is 0 Å². The van der Waals surface area contributed by atoms with Crippen LogP contribution in [0.15, 0.2) is 89.8 Å². The molecule has 0 saturated carbocycles. The Kier molecular flexibility index (Phi) is 8.29. The van der Waals surface area contributed by atoms with Crippen LogP contribution in [0.25, 0.3) is 5.69 Å². The minimum atomic E-state index is -4.27. The van der Waals surface area contributed by atoms with Gasteiger partial charge in [0, 0.05) is 5.02 Å². The maximum atomic E-state index is 13.1. The molecule has 0 fully saturated rings. The Balaban J connectivity index is 1.80. The van der Waals surface area contributed by atoms with Crippen LogP contribution in [0.5, 0.6) is 0 Å². The van der Waals surface area contributed by atoms with Gasteiger partial charge in [0.05, 0.1) is 17.2 Å². The highest BCUT2D eigenvalue weighted by atomic mass is 35.5. The summed E-state index contributed by atoms with van der Waals surface area (Å²) in [5, 5.41) is 17.5. The van der Waals surface area contributed by atoms with Crippen molar-refractivity contribution in [1.29, 1.82) is 5.26 Å². The van der Waals surface area contributed by atoms with Gasteiger partial charge in [-0.2, -0.15) is 10.4 Å². The fourth-order valence-corrected chi connectivity index (χ4v) is 4.86. The molecule has 0 radical (unpaired) electrons. The van der Waals surface area contributed by atoms with Crippen molar-refractivity contribution in [3.63, 3.8) is 0 Å². The van der Waals surface area contributed by atoms with Gasteiger partial charge in [-0.3, -0.25) is 10.1 Å². The average Bonchev–Trinajstić information content (AvgIpc) is 3.27. The van der Waals surface area contributed by atoms with Gasteiger partial charge < -0.3 is 4.74 Å². The van der Waals surface area contributed by atoms with E-state index in [1.165, 1.54) is 28.9 Å². The Morgan fingerprint density at radius 2 is 1.64 bits per heavy atom. The summed E-state index contributed by atoms with van der Waals surface area (Å²) in [6, 6.07) is 23.3. The quantitative estimate of drug-likeness (QED) is 0.298. The largest absolute Gasteiger partial charge is 0.465 e. The number of hydrogen-bond acceptors (Lipinski definition) is 7. The third-order valence-corrected chi connectivity index (χ3v) is 7.14. The van der Waals surface area contributed by atoms with Crippen LogP contribution >= 0.6 is 11.6 Å². The Morgan fingerprint density at radius 3 is 2.23 bits per heavy atom. The number of carbonyl (C=O) groups is 2. The van der Waals surface area contributed by atoms with E-state index < -0.39 is 27.9 Å². The highest BCUT2D eigenvalue weighted by molar-refractivity contribution is 7.90. The molecule has 1 unspecified atom stereocenters. The number of urea groups is 1. The van der Waals surface area contributed by atoms with E-state index in [2.05, 4.69) is 10.4 Å². The molecule has 2 amide bonds. The highest BCUT2D eigenvalue weighted by Crippen LogP contribution is 2.33. The third kappa shape index (κ3) is 6.09. The van der Waals surface area contributed by atoms with Crippen molar-refractivity contribution in [2.24, 2.45) is 0 Å². The summed E-state index contributed by atoms with van der Waals surface area (Å²) < 4.78 is 34.0. The van der Waals surface area contributed by atoms with Gasteiger partial charge in [0.1, 0.15) is 23.2 Å². The standard InChI is InChI=1S/C27H22ClN5O5S/c1-2-38-26(34)23(18-9-5-3-6-10-18)24-22(17-29)25(33(31-24)20-11-7-4-8-12-20)30-27(35)32-39(36,37)21-15-13-19(28)14-16-21/h3-16,23H,2H2,1H3,(H2,30,32,35). The monoisotopic (exact) mass is 563 g/mol. The Bertz CT molecular complexity index is 1630. The van der Waals surface area contributed by atoms with Gasteiger partial charge in [-0.15, -0.1) is 0 Å². The van der Waals surface area contributed by atoms with E-state index in [1.807, 2.05) is 10.8 Å². The van der Waals surface area contributed by atoms with Crippen LogP contribution in [0.4, 0.5) is 10.6 Å². The van der Waals surface area contributed by atoms with Crippen molar-refractivity contribution < 1.29 is 22.7 Å². The molecule has 0 saturated heterocycles. The molecule has 0 spiro atoms. The molecule has 4 aromatic rings. The molecule has 2 N–H and O–H groups in total. The maximum absolute atomic E-state index is 13.1. The molecule has 0 aliphatic heterocycles. The number of esters is 1. The first-order valence-electron chi connectivity index (χ1n) is 11.6. The zero-order valence-corrected chi connectivity index (χ0v) is 22.1. The number of ether oxygens (including phenoxy) is 1. The number of hydrogen-bond donors (Lipinski definition) is 2. The summed E-state index contributed by atoms with van der Waals surface area (Å²) in [6.45, 7) is 1.76. The van der Waals surface area contributed by atoms with Crippen LogP contribution in [-0.4, -0.2) is 36.8 Å². The minimum absolute atomic E-state index is 0.0295. The summed E-state index contributed by atoms with van der Waals surface area (Å²) in [7, 11) is -4.27. The topological polar surface area (TPSA) is 143 Å². The fraction of sp³-hybridized carbons (Fsp3) is 0.111. The number of carbonyl (C=O) groups excluding carboxylic acids is 2. The number of benzene rings is 3. The molecule has 39 heavy (non-hydrogen) atoms. The van der Waals surface area contributed by atoms with Gasteiger partial charge in [0.15, 0.2) is 5.82 Å². The Hall–Kier alpha value is -4.66. The van der Waals surface area contributed by atoms with Gasteiger partial charge >= 0.3 is 12.0 Å². The lowest BCUT2D eigenvalue weighted by atomic mass is 9.93. The lowest BCUT2D eigenvalue weighted by Crippen LogP contribution is -2.35. The molecular formula is C27H22ClN5O5S. The minimum Gasteiger partial charge on any atom is -0.465 e. The molecular weight excluding hydrogens is 542 g/mol. The number of rotatable bonds is 8. The van der Waals surface area contributed by atoms with Crippen molar-refractivity contribution in [2.75, 3.05) is 11.9 Å². The number of nitrogens with zero attached hydrogens (tertiary/aromatic N) is 3. The number of para-hydroxylation sites is 1. The van der Waals surface area contributed by atoms with Gasteiger partial charge in [0.2, 0.25) is 0 Å². The maximum Gasteiger partial charge on any atom is 0.334 e.